The van der Waals surface area contributed by atoms with E-state index in [0.717, 1.165) is 29.1 Å². The lowest BCUT2D eigenvalue weighted by Gasteiger charge is -2.11. The summed E-state index contributed by atoms with van der Waals surface area (Å²) in [7, 11) is 0. The summed E-state index contributed by atoms with van der Waals surface area (Å²) in [6.45, 7) is 3.92. The van der Waals surface area contributed by atoms with Crippen LogP contribution in [0.1, 0.15) is 18.2 Å². The Bertz CT molecular complexity index is 927. The van der Waals surface area contributed by atoms with Crippen LogP contribution in [0.4, 0.5) is 17.2 Å². The quantitative estimate of drug-likeness (QED) is 0.661. The van der Waals surface area contributed by atoms with Gasteiger partial charge >= 0.3 is 0 Å². The fourth-order valence-corrected chi connectivity index (χ4v) is 2.62. The van der Waals surface area contributed by atoms with Gasteiger partial charge < -0.3 is 15.4 Å². The Labute approximate surface area is 158 Å². The number of rotatable bonds is 7. The van der Waals surface area contributed by atoms with Gasteiger partial charge in [-0.25, -0.2) is 9.97 Å². The van der Waals surface area contributed by atoms with Crippen molar-refractivity contribution in [2.24, 2.45) is 0 Å². The van der Waals surface area contributed by atoms with E-state index in [1.165, 1.54) is 6.33 Å². The number of hydrogen-bond donors (Lipinski definition) is 2. The van der Waals surface area contributed by atoms with Gasteiger partial charge in [0.05, 0.1) is 0 Å². The van der Waals surface area contributed by atoms with Crippen LogP contribution in [-0.2, 0) is 11.2 Å². The van der Waals surface area contributed by atoms with Gasteiger partial charge in [0.15, 0.2) is 6.61 Å². The SMILES string of the molecule is CCc1ccccc1OCC(=O)Nc1cccc(Nc2cc(C)ncn2)c1. The van der Waals surface area contributed by atoms with E-state index < -0.39 is 0 Å². The van der Waals surface area contributed by atoms with Gasteiger partial charge in [0.25, 0.3) is 5.91 Å². The maximum atomic E-state index is 12.2. The summed E-state index contributed by atoms with van der Waals surface area (Å²) in [5, 5.41) is 6.05. The van der Waals surface area contributed by atoms with Gasteiger partial charge in [0.2, 0.25) is 0 Å². The zero-order valence-corrected chi connectivity index (χ0v) is 15.4. The lowest BCUT2D eigenvalue weighted by molar-refractivity contribution is -0.118. The van der Waals surface area contributed by atoms with Crippen molar-refractivity contribution >= 4 is 23.1 Å². The largest absolute Gasteiger partial charge is 0.483 e. The number of aryl methyl sites for hydroxylation is 2. The highest BCUT2D eigenvalue weighted by molar-refractivity contribution is 5.92. The lowest BCUT2D eigenvalue weighted by atomic mass is 10.1. The summed E-state index contributed by atoms with van der Waals surface area (Å²) >= 11 is 0. The highest BCUT2D eigenvalue weighted by atomic mass is 16.5. The Hall–Kier alpha value is -3.41. The lowest BCUT2D eigenvalue weighted by Crippen LogP contribution is -2.20. The third-order valence-electron chi connectivity index (χ3n) is 3.93. The van der Waals surface area contributed by atoms with Crippen molar-refractivity contribution in [2.45, 2.75) is 20.3 Å². The van der Waals surface area contributed by atoms with Gasteiger partial charge in [-0.3, -0.25) is 4.79 Å². The predicted molar refractivity (Wildman–Crippen MR) is 106 cm³/mol. The minimum absolute atomic E-state index is 0.0419. The number of ether oxygens (including phenoxy) is 1. The summed E-state index contributed by atoms with van der Waals surface area (Å²) in [6, 6.07) is 17.0. The first-order valence-electron chi connectivity index (χ1n) is 8.80. The van der Waals surface area contributed by atoms with E-state index in [1.54, 1.807) is 0 Å². The molecule has 0 saturated heterocycles. The van der Waals surface area contributed by atoms with Crippen molar-refractivity contribution < 1.29 is 9.53 Å². The first-order chi connectivity index (χ1) is 13.1. The fourth-order valence-electron chi connectivity index (χ4n) is 2.62. The molecule has 0 spiro atoms. The first-order valence-corrected chi connectivity index (χ1v) is 8.80. The van der Waals surface area contributed by atoms with Gasteiger partial charge in [-0.2, -0.15) is 0 Å². The third kappa shape index (κ3) is 5.28. The second-order valence-corrected chi connectivity index (χ2v) is 6.05. The molecule has 2 N–H and O–H groups in total. The van der Waals surface area contributed by atoms with Crippen LogP contribution in [0.3, 0.4) is 0 Å². The van der Waals surface area contributed by atoms with Crippen molar-refractivity contribution in [3.05, 3.63) is 72.2 Å². The minimum Gasteiger partial charge on any atom is -0.483 e. The molecule has 6 heteroatoms. The molecule has 0 aliphatic carbocycles. The average Bonchev–Trinajstić information content (AvgIpc) is 2.67. The predicted octanol–water partition coefficient (Wildman–Crippen LogP) is 4.11. The molecule has 138 valence electrons. The van der Waals surface area contributed by atoms with E-state index in [2.05, 4.69) is 27.5 Å². The molecule has 1 heterocycles. The summed E-state index contributed by atoms with van der Waals surface area (Å²) < 4.78 is 5.66. The Kier molecular flexibility index (Phi) is 5.99. The molecule has 0 aliphatic rings. The van der Waals surface area contributed by atoms with Gasteiger partial charge in [0, 0.05) is 23.1 Å². The van der Waals surface area contributed by atoms with Gasteiger partial charge in [-0.05, 0) is 43.2 Å². The zero-order chi connectivity index (χ0) is 19.1. The number of carbonyl (C=O) groups excluding carboxylic acids is 1. The van der Waals surface area contributed by atoms with E-state index in [-0.39, 0.29) is 12.5 Å². The maximum Gasteiger partial charge on any atom is 0.262 e. The molecular formula is C21H22N4O2. The number of nitrogens with one attached hydrogen (secondary N) is 2. The molecule has 2 aromatic carbocycles. The molecule has 6 nitrogen and oxygen atoms in total. The molecule has 27 heavy (non-hydrogen) atoms. The van der Waals surface area contributed by atoms with Crippen molar-refractivity contribution in [3.63, 3.8) is 0 Å². The van der Waals surface area contributed by atoms with Crippen LogP contribution in [0.15, 0.2) is 60.9 Å². The van der Waals surface area contributed by atoms with E-state index in [1.807, 2.05) is 61.5 Å². The number of carbonyl (C=O) groups is 1. The molecule has 0 saturated carbocycles. The Morgan fingerprint density at radius 1 is 1.04 bits per heavy atom. The van der Waals surface area contributed by atoms with E-state index in [9.17, 15) is 4.79 Å². The first kappa shape index (κ1) is 18.4. The van der Waals surface area contributed by atoms with Crippen LogP contribution in [0.5, 0.6) is 5.75 Å². The average molecular weight is 362 g/mol. The minimum atomic E-state index is -0.212. The van der Waals surface area contributed by atoms with Crippen molar-refractivity contribution in [2.75, 3.05) is 17.2 Å². The van der Waals surface area contributed by atoms with Crippen LogP contribution < -0.4 is 15.4 Å². The van der Waals surface area contributed by atoms with E-state index in [4.69, 9.17) is 4.74 Å². The second-order valence-electron chi connectivity index (χ2n) is 6.05. The monoisotopic (exact) mass is 362 g/mol. The summed E-state index contributed by atoms with van der Waals surface area (Å²) in [5.41, 5.74) is 3.46. The van der Waals surface area contributed by atoms with Crippen LogP contribution in [0, 0.1) is 6.92 Å². The number of anilines is 3. The molecule has 0 unspecified atom stereocenters. The van der Waals surface area contributed by atoms with E-state index >= 15 is 0 Å². The fraction of sp³-hybridized carbons (Fsp3) is 0.190. The van der Waals surface area contributed by atoms with Crippen LogP contribution in [0.25, 0.3) is 0 Å². The number of benzene rings is 2. The van der Waals surface area contributed by atoms with Crippen molar-refractivity contribution in [1.29, 1.82) is 0 Å². The molecule has 3 aromatic rings. The molecule has 1 amide bonds. The Morgan fingerprint density at radius 3 is 2.67 bits per heavy atom. The number of nitrogens with zero attached hydrogens (tertiary/aromatic N) is 2. The molecule has 0 atom stereocenters. The topological polar surface area (TPSA) is 76.1 Å². The molecule has 3 rings (SSSR count). The molecule has 0 fully saturated rings. The Morgan fingerprint density at radius 2 is 1.85 bits per heavy atom. The number of aromatic nitrogens is 2. The summed E-state index contributed by atoms with van der Waals surface area (Å²) in [6.07, 6.45) is 2.36. The smallest absolute Gasteiger partial charge is 0.262 e. The zero-order valence-electron chi connectivity index (χ0n) is 15.4. The number of amides is 1. The van der Waals surface area contributed by atoms with Crippen LogP contribution in [-0.4, -0.2) is 22.5 Å². The number of hydrogen-bond acceptors (Lipinski definition) is 5. The molecular weight excluding hydrogens is 340 g/mol. The molecule has 0 aliphatic heterocycles. The van der Waals surface area contributed by atoms with Crippen LogP contribution >= 0.6 is 0 Å². The third-order valence-corrected chi connectivity index (χ3v) is 3.93. The number of para-hydroxylation sites is 1. The molecule has 1 aromatic heterocycles. The van der Waals surface area contributed by atoms with E-state index in [0.29, 0.717) is 11.5 Å². The Balaban J connectivity index is 1.59. The summed E-state index contributed by atoms with van der Waals surface area (Å²) in [4.78, 5) is 20.5. The second kappa shape index (κ2) is 8.80. The van der Waals surface area contributed by atoms with Crippen molar-refractivity contribution in [1.82, 2.24) is 9.97 Å². The van der Waals surface area contributed by atoms with Crippen molar-refractivity contribution in [3.8, 4) is 5.75 Å². The van der Waals surface area contributed by atoms with Gasteiger partial charge in [-0.1, -0.05) is 31.2 Å². The maximum absolute atomic E-state index is 12.2. The van der Waals surface area contributed by atoms with Gasteiger partial charge in [-0.15, -0.1) is 0 Å². The van der Waals surface area contributed by atoms with Gasteiger partial charge in [0.1, 0.15) is 17.9 Å². The highest BCUT2D eigenvalue weighted by Gasteiger charge is 2.07. The molecule has 0 bridgehead atoms. The normalized spacial score (nSPS) is 10.3. The molecule has 0 radical (unpaired) electrons. The van der Waals surface area contributed by atoms with Crippen LogP contribution in [0.2, 0.25) is 0 Å². The standard InChI is InChI=1S/C21H22N4O2/c1-3-16-7-4-5-10-19(16)27-13-21(26)25-18-9-6-8-17(12-18)24-20-11-15(2)22-14-23-20/h4-12,14H,3,13H2,1-2H3,(H,25,26)(H,22,23,24). The summed E-state index contributed by atoms with van der Waals surface area (Å²) in [5.74, 6) is 1.23. The highest BCUT2D eigenvalue weighted by Crippen LogP contribution is 2.20.